The van der Waals surface area contributed by atoms with E-state index in [4.69, 9.17) is 0 Å². The first-order chi connectivity index (χ1) is 11.4. The largest absolute Gasteiger partial charge is 1.00 e. The van der Waals surface area contributed by atoms with Crippen LogP contribution in [0.15, 0.2) is 11.1 Å². The summed E-state index contributed by atoms with van der Waals surface area (Å²) in [4.78, 5) is 23.2. The molecule has 0 aromatic carbocycles. The maximum absolute atomic E-state index is 11.6. The molecule has 140 valence electrons. The van der Waals surface area contributed by atoms with E-state index in [1.54, 1.807) is 13.8 Å². The molecular formula is C20H34Na2O4. The predicted octanol–water partition coefficient (Wildman–Crippen LogP) is -3.00. The summed E-state index contributed by atoms with van der Waals surface area (Å²) in [5, 5.41) is 23.2. The number of carbonyl (C=O) groups excluding carboxylic acids is 2. The van der Waals surface area contributed by atoms with Gasteiger partial charge in [0.1, 0.15) is 0 Å². The van der Waals surface area contributed by atoms with Gasteiger partial charge in [0.15, 0.2) is 0 Å². The van der Waals surface area contributed by atoms with Crippen molar-refractivity contribution in [3.63, 3.8) is 0 Å². The zero-order chi connectivity index (χ0) is 18.5. The number of hydrogen-bond donors (Lipinski definition) is 0. The number of carboxylic acids is 2. The van der Waals surface area contributed by atoms with Crippen LogP contribution in [0.4, 0.5) is 0 Å². The van der Waals surface area contributed by atoms with Crippen molar-refractivity contribution in [1.82, 2.24) is 0 Å². The Morgan fingerprint density at radius 3 is 1.19 bits per heavy atom. The van der Waals surface area contributed by atoms with E-state index in [0.29, 0.717) is 12.8 Å². The van der Waals surface area contributed by atoms with Gasteiger partial charge in [-0.3, -0.25) is 0 Å². The molecule has 0 saturated carbocycles. The van der Waals surface area contributed by atoms with Crippen molar-refractivity contribution < 1.29 is 78.9 Å². The molecule has 0 radical (unpaired) electrons. The standard InChI is InChI=1S/C20H36O4.2Na/c1-5-7-9-11-13-15(3)17(19(21)22)18(20(23)24)16(4)14-12-10-8-6-2;;/h15-16H,5-14H2,1-4H3,(H,21,22)(H,23,24);;/q;2*+1/p-2/b18-17-;;. The number of aliphatic carboxylic acids is 2. The molecule has 0 aliphatic rings. The van der Waals surface area contributed by atoms with Crippen LogP contribution in [0.5, 0.6) is 0 Å². The third-order valence-electron chi connectivity index (χ3n) is 4.70. The van der Waals surface area contributed by atoms with Crippen LogP contribution >= 0.6 is 0 Å². The molecule has 6 heteroatoms. The predicted molar refractivity (Wildman–Crippen MR) is 92.9 cm³/mol. The molecule has 4 nitrogen and oxygen atoms in total. The Morgan fingerprint density at radius 1 is 0.654 bits per heavy atom. The monoisotopic (exact) mass is 384 g/mol. The molecule has 0 bridgehead atoms. The summed E-state index contributed by atoms with van der Waals surface area (Å²) in [5.41, 5.74) is -0.121. The summed E-state index contributed by atoms with van der Waals surface area (Å²) in [6.45, 7) is 7.79. The van der Waals surface area contributed by atoms with Crippen LogP contribution in [0.25, 0.3) is 0 Å². The molecule has 0 spiro atoms. The molecule has 26 heavy (non-hydrogen) atoms. The van der Waals surface area contributed by atoms with Gasteiger partial charge in [-0.1, -0.05) is 79.1 Å². The fourth-order valence-corrected chi connectivity index (χ4v) is 3.20. The summed E-state index contributed by atoms with van der Waals surface area (Å²) in [7, 11) is 0. The smallest absolute Gasteiger partial charge is 0.545 e. The van der Waals surface area contributed by atoms with Gasteiger partial charge in [0.05, 0.1) is 11.9 Å². The maximum Gasteiger partial charge on any atom is 1.00 e. The number of carboxylic acid groups (broad SMARTS) is 2. The first-order valence-corrected chi connectivity index (χ1v) is 9.53. The van der Waals surface area contributed by atoms with E-state index in [1.807, 2.05) is 0 Å². The number of carbonyl (C=O) groups is 2. The topological polar surface area (TPSA) is 80.3 Å². The fourth-order valence-electron chi connectivity index (χ4n) is 3.20. The van der Waals surface area contributed by atoms with Crippen molar-refractivity contribution in [3.05, 3.63) is 11.1 Å². The van der Waals surface area contributed by atoms with E-state index in [1.165, 1.54) is 0 Å². The molecule has 0 rings (SSSR count). The summed E-state index contributed by atoms with van der Waals surface area (Å²) in [6, 6.07) is 0. The summed E-state index contributed by atoms with van der Waals surface area (Å²) in [5.74, 6) is -3.37. The molecule has 0 aromatic rings. The first kappa shape index (κ1) is 31.4. The Hall–Kier alpha value is 0.680. The second-order valence-corrected chi connectivity index (χ2v) is 6.90. The van der Waals surface area contributed by atoms with E-state index in [0.717, 1.165) is 51.4 Å². The zero-order valence-electron chi connectivity index (χ0n) is 17.9. The molecule has 0 N–H and O–H groups in total. The minimum Gasteiger partial charge on any atom is -0.545 e. The quantitative estimate of drug-likeness (QED) is 0.182. The maximum atomic E-state index is 11.6. The summed E-state index contributed by atoms with van der Waals surface area (Å²) in [6.07, 6.45) is 9.64. The van der Waals surface area contributed by atoms with Gasteiger partial charge in [0, 0.05) is 0 Å². The van der Waals surface area contributed by atoms with Crippen LogP contribution in [0.1, 0.15) is 91.9 Å². The molecule has 2 atom stereocenters. The Labute approximate surface area is 204 Å². The second kappa shape index (κ2) is 19.0. The molecule has 0 amide bonds. The minimum atomic E-state index is -1.36. The van der Waals surface area contributed by atoms with Gasteiger partial charge in [0.2, 0.25) is 0 Å². The van der Waals surface area contributed by atoms with Crippen molar-refractivity contribution in [2.24, 2.45) is 11.8 Å². The minimum absolute atomic E-state index is 0. The van der Waals surface area contributed by atoms with Crippen LogP contribution in [-0.2, 0) is 9.59 Å². The van der Waals surface area contributed by atoms with E-state index >= 15 is 0 Å². The SMILES string of the molecule is CCCCCCC(C)/C(C(=O)[O-])=C(/C(=O)[O-])C(C)CCCCCC.[Na+].[Na+]. The Bertz CT molecular complexity index is 384. The van der Waals surface area contributed by atoms with Gasteiger partial charge in [-0.15, -0.1) is 0 Å². The second-order valence-electron chi connectivity index (χ2n) is 6.90. The van der Waals surface area contributed by atoms with Crippen LogP contribution in [0, 0.1) is 11.8 Å². The average molecular weight is 384 g/mol. The molecule has 0 aromatic heterocycles. The Kier molecular flexibility index (Phi) is 22.9. The third-order valence-corrected chi connectivity index (χ3v) is 4.70. The summed E-state index contributed by atoms with van der Waals surface area (Å²) >= 11 is 0. The van der Waals surface area contributed by atoms with Crippen LogP contribution < -0.4 is 69.3 Å². The van der Waals surface area contributed by atoms with Crippen molar-refractivity contribution in [2.75, 3.05) is 0 Å². The van der Waals surface area contributed by atoms with E-state index in [-0.39, 0.29) is 82.1 Å². The first-order valence-electron chi connectivity index (χ1n) is 9.53. The van der Waals surface area contributed by atoms with Gasteiger partial charge in [-0.05, 0) is 35.8 Å². The normalized spacial score (nSPS) is 13.7. The number of unbranched alkanes of at least 4 members (excludes halogenated alkanes) is 6. The van der Waals surface area contributed by atoms with Gasteiger partial charge in [0.25, 0.3) is 0 Å². The Morgan fingerprint density at radius 2 is 0.962 bits per heavy atom. The van der Waals surface area contributed by atoms with Crippen molar-refractivity contribution in [2.45, 2.75) is 91.9 Å². The van der Waals surface area contributed by atoms with E-state index in [2.05, 4.69) is 13.8 Å². The third kappa shape index (κ3) is 13.0. The molecule has 0 fully saturated rings. The Balaban J connectivity index is -0.00000264. The molecule has 0 saturated heterocycles. The van der Waals surface area contributed by atoms with E-state index in [9.17, 15) is 19.8 Å². The molecule has 2 unspecified atom stereocenters. The summed E-state index contributed by atoms with van der Waals surface area (Å²) < 4.78 is 0. The van der Waals surface area contributed by atoms with Crippen LogP contribution in [0.2, 0.25) is 0 Å². The van der Waals surface area contributed by atoms with Gasteiger partial charge >= 0.3 is 59.1 Å². The molecule has 0 aliphatic heterocycles. The van der Waals surface area contributed by atoms with Crippen molar-refractivity contribution >= 4 is 11.9 Å². The van der Waals surface area contributed by atoms with E-state index < -0.39 is 11.9 Å². The molecular weight excluding hydrogens is 350 g/mol. The van der Waals surface area contributed by atoms with Crippen LogP contribution in [0.3, 0.4) is 0 Å². The van der Waals surface area contributed by atoms with Crippen LogP contribution in [-0.4, -0.2) is 11.9 Å². The number of rotatable bonds is 14. The van der Waals surface area contributed by atoms with Crippen molar-refractivity contribution in [3.8, 4) is 0 Å². The zero-order valence-corrected chi connectivity index (χ0v) is 21.9. The molecule has 0 aliphatic carbocycles. The number of hydrogen-bond acceptors (Lipinski definition) is 4. The van der Waals surface area contributed by atoms with Gasteiger partial charge < -0.3 is 19.8 Å². The average Bonchev–Trinajstić information content (AvgIpc) is 2.52. The molecule has 0 heterocycles. The van der Waals surface area contributed by atoms with Crippen molar-refractivity contribution in [1.29, 1.82) is 0 Å². The fraction of sp³-hybridized carbons (Fsp3) is 0.800. The van der Waals surface area contributed by atoms with Gasteiger partial charge in [-0.2, -0.15) is 0 Å². The van der Waals surface area contributed by atoms with Gasteiger partial charge in [-0.25, -0.2) is 0 Å².